The van der Waals surface area contributed by atoms with Crippen LogP contribution >= 0.6 is 11.6 Å². The molecule has 0 aromatic carbocycles. The minimum absolute atomic E-state index is 0.00443. The van der Waals surface area contributed by atoms with Crippen LogP contribution in [0.15, 0.2) is 23.4 Å². The van der Waals surface area contributed by atoms with Crippen LogP contribution in [0.3, 0.4) is 0 Å². The van der Waals surface area contributed by atoms with E-state index in [1.165, 1.54) is 18.5 Å². The van der Waals surface area contributed by atoms with E-state index in [2.05, 4.69) is 9.71 Å². The lowest BCUT2D eigenvalue weighted by molar-refractivity contribution is 0.195. The quantitative estimate of drug-likeness (QED) is 0.862. The van der Waals surface area contributed by atoms with Gasteiger partial charge in [0.05, 0.1) is 5.02 Å². The van der Waals surface area contributed by atoms with E-state index in [9.17, 15) is 13.5 Å². The highest BCUT2D eigenvalue weighted by molar-refractivity contribution is 7.89. The van der Waals surface area contributed by atoms with Gasteiger partial charge in [0.1, 0.15) is 4.90 Å². The largest absolute Gasteiger partial charge is 0.396 e. The molecule has 1 heterocycles. The van der Waals surface area contributed by atoms with Crippen LogP contribution in [-0.4, -0.2) is 31.7 Å². The van der Waals surface area contributed by atoms with Gasteiger partial charge >= 0.3 is 0 Å². The summed E-state index contributed by atoms with van der Waals surface area (Å²) in [6, 6.07) is 1.45. The predicted octanol–water partition coefficient (Wildman–Crippen LogP) is 1.42. The van der Waals surface area contributed by atoms with Crippen LogP contribution in [0.25, 0.3) is 0 Å². The molecule has 0 radical (unpaired) electrons. The summed E-state index contributed by atoms with van der Waals surface area (Å²) in [4.78, 5) is 3.77. The topological polar surface area (TPSA) is 79.3 Å². The summed E-state index contributed by atoms with van der Waals surface area (Å²) in [7, 11) is -3.64. The third-order valence-corrected chi connectivity index (χ3v) is 5.50. The van der Waals surface area contributed by atoms with E-state index >= 15 is 0 Å². The van der Waals surface area contributed by atoms with Crippen molar-refractivity contribution < 1.29 is 13.5 Å². The third-order valence-electron chi connectivity index (χ3n) is 3.61. The van der Waals surface area contributed by atoms with Crippen molar-refractivity contribution in [2.75, 3.05) is 13.2 Å². The number of aromatic nitrogens is 1. The number of sulfonamides is 1. The smallest absolute Gasteiger partial charge is 0.243 e. The Morgan fingerprint density at radius 2 is 2.16 bits per heavy atom. The highest BCUT2D eigenvalue weighted by Gasteiger charge is 2.28. The van der Waals surface area contributed by atoms with Gasteiger partial charge in [-0.05, 0) is 30.7 Å². The van der Waals surface area contributed by atoms with Crippen molar-refractivity contribution in [1.29, 1.82) is 0 Å². The Hall–Kier alpha value is -0.690. The van der Waals surface area contributed by atoms with Gasteiger partial charge in [-0.3, -0.25) is 4.98 Å². The van der Waals surface area contributed by atoms with Gasteiger partial charge in [-0.2, -0.15) is 0 Å². The van der Waals surface area contributed by atoms with Crippen LogP contribution in [-0.2, 0) is 10.0 Å². The number of hydrogen-bond donors (Lipinski definition) is 2. The van der Waals surface area contributed by atoms with Crippen molar-refractivity contribution >= 4 is 21.6 Å². The maximum absolute atomic E-state index is 12.1. The molecular formula is C12H17ClN2O3S. The first-order valence-electron chi connectivity index (χ1n) is 6.24. The molecule has 5 nitrogen and oxygen atoms in total. The molecule has 2 rings (SSSR count). The van der Waals surface area contributed by atoms with E-state index in [0.29, 0.717) is 6.54 Å². The number of rotatable bonds is 5. The molecule has 1 saturated carbocycles. The van der Waals surface area contributed by atoms with Gasteiger partial charge in [0.15, 0.2) is 0 Å². The Kier molecular flexibility index (Phi) is 4.78. The summed E-state index contributed by atoms with van der Waals surface area (Å²) < 4.78 is 26.8. The number of nitrogens with zero attached hydrogens (tertiary/aromatic N) is 1. The van der Waals surface area contributed by atoms with Crippen LogP contribution in [0.1, 0.15) is 19.3 Å². The first kappa shape index (κ1) is 14.7. The van der Waals surface area contributed by atoms with Gasteiger partial charge in [0, 0.05) is 25.5 Å². The Morgan fingerprint density at radius 3 is 2.84 bits per heavy atom. The summed E-state index contributed by atoms with van der Waals surface area (Å²) >= 11 is 5.86. The highest BCUT2D eigenvalue weighted by Crippen LogP contribution is 2.31. The van der Waals surface area contributed by atoms with E-state index in [1.807, 2.05) is 0 Å². The molecule has 7 heteroatoms. The SMILES string of the molecule is O=S(=O)(NCC1CCCC1CO)c1cnccc1Cl. The third kappa shape index (κ3) is 3.45. The molecule has 106 valence electrons. The van der Waals surface area contributed by atoms with Crippen LogP contribution in [0, 0.1) is 11.8 Å². The summed E-state index contributed by atoms with van der Waals surface area (Å²) in [6.07, 6.45) is 5.61. The zero-order valence-corrected chi connectivity index (χ0v) is 12.0. The number of hydrogen-bond acceptors (Lipinski definition) is 4. The zero-order chi connectivity index (χ0) is 13.9. The second kappa shape index (κ2) is 6.17. The van der Waals surface area contributed by atoms with Crippen molar-refractivity contribution in [3.63, 3.8) is 0 Å². The first-order chi connectivity index (χ1) is 9.04. The van der Waals surface area contributed by atoms with Crippen LogP contribution < -0.4 is 4.72 Å². The number of nitrogens with one attached hydrogen (secondary N) is 1. The molecule has 0 bridgehead atoms. The lowest BCUT2D eigenvalue weighted by Gasteiger charge is -2.18. The Bertz CT molecular complexity index is 536. The molecule has 2 N–H and O–H groups in total. The number of halogens is 1. The molecule has 1 aromatic heterocycles. The highest BCUT2D eigenvalue weighted by atomic mass is 35.5. The second-order valence-corrected chi connectivity index (χ2v) is 6.93. The van der Waals surface area contributed by atoms with Crippen molar-refractivity contribution in [2.45, 2.75) is 24.2 Å². The minimum atomic E-state index is -3.64. The van der Waals surface area contributed by atoms with E-state index in [1.54, 1.807) is 0 Å². The van der Waals surface area contributed by atoms with E-state index < -0.39 is 10.0 Å². The standard InChI is InChI=1S/C12H17ClN2O3S/c13-11-4-5-14-7-12(11)19(17,18)15-6-9-2-1-3-10(9)8-16/h4-5,7,9-10,15-16H,1-3,6,8H2. The molecule has 1 aliphatic carbocycles. The summed E-state index contributed by atoms with van der Waals surface area (Å²) in [5.41, 5.74) is 0. The lowest BCUT2D eigenvalue weighted by Crippen LogP contribution is -2.32. The molecule has 0 saturated heterocycles. The van der Waals surface area contributed by atoms with Gasteiger partial charge in [0.2, 0.25) is 10.0 Å². The summed E-state index contributed by atoms with van der Waals surface area (Å²) in [5.74, 6) is 0.377. The summed E-state index contributed by atoms with van der Waals surface area (Å²) in [5, 5.41) is 9.38. The molecule has 0 aliphatic heterocycles. The molecule has 1 aromatic rings. The molecule has 1 fully saturated rings. The number of aliphatic hydroxyl groups is 1. The van der Waals surface area contributed by atoms with Crippen molar-refractivity contribution in [3.05, 3.63) is 23.5 Å². The maximum Gasteiger partial charge on any atom is 0.243 e. The average Bonchev–Trinajstić information content (AvgIpc) is 2.84. The Labute approximate surface area is 118 Å². The molecule has 2 atom stereocenters. The van der Waals surface area contributed by atoms with Crippen molar-refractivity contribution in [3.8, 4) is 0 Å². The zero-order valence-electron chi connectivity index (χ0n) is 10.4. The fraction of sp³-hybridized carbons (Fsp3) is 0.583. The molecule has 19 heavy (non-hydrogen) atoms. The van der Waals surface area contributed by atoms with Crippen LogP contribution in [0.4, 0.5) is 0 Å². The molecule has 1 aliphatic rings. The monoisotopic (exact) mass is 304 g/mol. The molecule has 0 spiro atoms. The van der Waals surface area contributed by atoms with Crippen LogP contribution in [0.5, 0.6) is 0 Å². The lowest BCUT2D eigenvalue weighted by atomic mass is 9.97. The minimum Gasteiger partial charge on any atom is -0.396 e. The predicted molar refractivity (Wildman–Crippen MR) is 72.4 cm³/mol. The second-order valence-electron chi connectivity index (χ2n) is 4.79. The van der Waals surface area contributed by atoms with Crippen LogP contribution in [0.2, 0.25) is 5.02 Å². The van der Waals surface area contributed by atoms with Gasteiger partial charge < -0.3 is 5.11 Å². The van der Waals surface area contributed by atoms with E-state index in [-0.39, 0.29) is 28.4 Å². The first-order valence-corrected chi connectivity index (χ1v) is 8.10. The van der Waals surface area contributed by atoms with Gasteiger partial charge in [-0.25, -0.2) is 13.1 Å². The number of aliphatic hydroxyl groups excluding tert-OH is 1. The van der Waals surface area contributed by atoms with Crippen molar-refractivity contribution in [2.24, 2.45) is 11.8 Å². The van der Waals surface area contributed by atoms with Gasteiger partial charge in [0.25, 0.3) is 0 Å². The van der Waals surface area contributed by atoms with E-state index in [4.69, 9.17) is 11.6 Å². The molecular weight excluding hydrogens is 288 g/mol. The van der Waals surface area contributed by atoms with Crippen molar-refractivity contribution in [1.82, 2.24) is 9.71 Å². The Morgan fingerprint density at radius 1 is 1.42 bits per heavy atom. The summed E-state index contributed by atoms with van der Waals surface area (Å²) in [6.45, 7) is 0.443. The fourth-order valence-electron chi connectivity index (χ4n) is 2.48. The normalized spacial score (nSPS) is 23.7. The van der Waals surface area contributed by atoms with Gasteiger partial charge in [-0.15, -0.1) is 0 Å². The number of pyridine rings is 1. The van der Waals surface area contributed by atoms with Gasteiger partial charge in [-0.1, -0.05) is 18.0 Å². The fourth-order valence-corrected chi connectivity index (χ4v) is 4.00. The average molecular weight is 305 g/mol. The van der Waals surface area contributed by atoms with E-state index in [0.717, 1.165) is 19.3 Å². The molecule has 0 amide bonds. The Balaban J connectivity index is 2.04. The molecule has 2 unspecified atom stereocenters. The maximum atomic E-state index is 12.1.